The fraction of sp³-hybridized carbons (Fsp3) is 0.385. The molecule has 1 heterocycles. The van der Waals surface area contributed by atoms with Crippen LogP contribution in [0.2, 0.25) is 0 Å². The molecule has 5 heteroatoms. The Morgan fingerprint density at radius 3 is 2.19 bits per heavy atom. The molecule has 0 aliphatic rings. The van der Waals surface area contributed by atoms with Crippen molar-refractivity contribution in [2.45, 2.75) is 59.1 Å². The van der Waals surface area contributed by atoms with Crippen LogP contribution in [0.15, 0.2) is 60.7 Å². The maximum absolute atomic E-state index is 11.5. The van der Waals surface area contributed by atoms with Crippen molar-refractivity contribution in [2.24, 2.45) is 0 Å². The van der Waals surface area contributed by atoms with Crippen LogP contribution in [0.4, 0.5) is 4.79 Å². The minimum absolute atomic E-state index is 0.0852. The van der Waals surface area contributed by atoms with Gasteiger partial charge in [-0.25, -0.2) is 9.78 Å². The Hall–Kier alpha value is -3.08. The molecule has 0 saturated heterocycles. The van der Waals surface area contributed by atoms with Gasteiger partial charge in [0.15, 0.2) is 0 Å². The van der Waals surface area contributed by atoms with Crippen molar-refractivity contribution >= 4 is 6.09 Å². The number of amides is 1. The van der Waals surface area contributed by atoms with E-state index in [-0.39, 0.29) is 12.2 Å². The second-order valence-corrected chi connectivity index (χ2v) is 8.03. The SMILES string of the molecule is Cc1nc(-c2ccccc2)c(-c2ccccc2)n1CCCCCCNC(=O)OC(C)C. The number of alkyl carbamates (subject to hydrolysis) is 1. The van der Waals surface area contributed by atoms with E-state index >= 15 is 0 Å². The second-order valence-electron chi connectivity index (χ2n) is 8.03. The Kier molecular flexibility index (Phi) is 8.27. The van der Waals surface area contributed by atoms with Crippen molar-refractivity contribution in [1.82, 2.24) is 14.9 Å². The van der Waals surface area contributed by atoms with Gasteiger partial charge >= 0.3 is 6.09 Å². The number of hydrogen-bond donors (Lipinski definition) is 1. The molecule has 3 aromatic rings. The highest BCUT2D eigenvalue weighted by Gasteiger charge is 2.17. The summed E-state index contributed by atoms with van der Waals surface area (Å²) in [5, 5.41) is 2.81. The lowest BCUT2D eigenvalue weighted by atomic mass is 10.0. The van der Waals surface area contributed by atoms with Crippen LogP contribution < -0.4 is 5.32 Å². The van der Waals surface area contributed by atoms with E-state index in [1.165, 1.54) is 11.3 Å². The number of hydrogen-bond acceptors (Lipinski definition) is 3. The normalized spacial score (nSPS) is 11.0. The summed E-state index contributed by atoms with van der Waals surface area (Å²) in [6, 6.07) is 20.9. The monoisotopic (exact) mass is 419 g/mol. The average molecular weight is 420 g/mol. The quantitative estimate of drug-likeness (QED) is 0.397. The lowest BCUT2D eigenvalue weighted by Crippen LogP contribution is -2.27. The molecule has 1 N–H and O–H groups in total. The van der Waals surface area contributed by atoms with Crippen molar-refractivity contribution in [3.63, 3.8) is 0 Å². The Morgan fingerprint density at radius 2 is 1.55 bits per heavy atom. The summed E-state index contributed by atoms with van der Waals surface area (Å²) in [5.74, 6) is 1.04. The summed E-state index contributed by atoms with van der Waals surface area (Å²) < 4.78 is 7.43. The Morgan fingerprint density at radius 1 is 0.935 bits per heavy atom. The number of nitrogens with one attached hydrogen (secondary N) is 1. The maximum Gasteiger partial charge on any atom is 0.407 e. The van der Waals surface area contributed by atoms with Gasteiger partial charge in [0.25, 0.3) is 0 Å². The fourth-order valence-corrected chi connectivity index (χ4v) is 3.72. The van der Waals surface area contributed by atoms with Gasteiger partial charge < -0.3 is 14.6 Å². The summed E-state index contributed by atoms with van der Waals surface area (Å²) in [5.41, 5.74) is 4.55. The molecule has 0 fully saturated rings. The number of carbonyl (C=O) groups excluding carboxylic acids is 1. The Labute approximate surface area is 185 Å². The zero-order valence-electron chi connectivity index (χ0n) is 18.8. The summed E-state index contributed by atoms with van der Waals surface area (Å²) in [6.45, 7) is 7.38. The highest BCUT2D eigenvalue weighted by atomic mass is 16.6. The third-order valence-corrected chi connectivity index (χ3v) is 5.17. The van der Waals surface area contributed by atoms with Gasteiger partial charge in [-0.2, -0.15) is 0 Å². The lowest BCUT2D eigenvalue weighted by molar-refractivity contribution is 0.115. The molecule has 1 aromatic heterocycles. The van der Waals surface area contributed by atoms with Crippen LogP contribution in [0.1, 0.15) is 45.4 Å². The van der Waals surface area contributed by atoms with Crippen molar-refractivity contribution < 1.29 is 9.53 Å². The van der Waals surface area contributed by atoms with Crippen LogP contribution >= 0.6 is 0 Å². The number of carbonyl (C=O) groups is 1. The van der Waals surface area contributed by atoms with E-state index in [1.54, 1.807) is 0 Å². The van der Waals surface area contributed by atoms with Gasteiger partial charge in [0.2, 0.25) is 0 Å². The van der Waals surface area contributed by atoms with E-state index in [4.69, 9.17) is 9.72 Å². The fourth-order valence-electron chi connectivity index (χ4n) is 3.72. The zero-order valence-corrected chi connectivity index (χ0v) is 18.8. The molecule has 0 bridgehead atoms. The van der Waals surface area contributed by atoms with Crippen LogP contribution in [0, 0.1) is 6.92 Å². The predicted octanol–water partition coefficient (Wildman–Crippen LogP) is 6.22. The van der Waals surface area contributed by atoms with Crippen molar-refractivity contribution in [2.75, 3.05) is 6.54 Å². The first kappa shape index (κ1) is 22.6. The number of rotatable bonds is 10. The first-order chi connectivity index (χ1) is 15.1. The average Bonchev–Trinajstić information content (AvgIpc) is 3.10. The van der Waals surface area contributed by atoms with E-state index in [2.05, 4.69) is 65.3 Å². The van der Waals surface area contributed by atoms with Crippen LogP contribution in [0.5, 0.6) is 0 Å². The number of nitrogens with zero attached hydrogens (tertiary/aromatic N) is 2. The summed E-state index contributed by atoms with van der Waals surface area (Å²) >= 11 is 0. The van der Waals surface area contributed by atoms with Crippen molar-refractivity contribution in [1.29, 1.82) is 0 Å². The molecule has 0 aliphatic heterocycles. The first-order valence-electron chi connectivity index (χ1n) is 11.2. The number of imidazole rings is 1. The molecular weight excluding hydrogens is 386 g/mol. The molecule has 164 valence electrons. The van der Waals surface area contributed by atoms with Gasteiger partial charge in [-0.05, 0) is 33.6 Å². The zero-order chi connectivity index (χ0) is 22.1. The highest BCUT2D eigenvalue weighted by Crippen LogP contribution is 2.33. The van der Waals surface area contributed by atoms with Gasteiger partial charge in [0, 0.05) is 24.2 Å². The summed E-state index contributed by atoms with van der Waals surface area (Å²) in [4.78, 5) is 16.4. The molecule has 5 nitrogen and oxygen atoms in total. The molecule has 0 unspecified atom stereocenters. The van der Waals surface area contributed by atoms with Crippen LogP contribution in [0.25, 0.3) is 22.5 Å². The smallest absolute Gasteiger partial charge is 0.407 e. The number of aromatic nitrogens is 2. The molecule has 0 atom stereocenters. The number of aryl methyl sites for hydroxylation is 1. The number of unbranched alkanes of at least 4 members (excludes halogenated alkanes) is 3. The third kappa shape index (κ3) is 6.45. The lowest BCUT2D eigenvalue weighted by Gasteiger charge is -2.12. The molecule has 31 heavy (non-hydrogen) atoms. The van der Waals surface area contributed by atoms with Crippen LogP contribution in [-0.4, -0.2) is 28.3 Å². The number of benzene rings is 2. The Balaban J connectivity index is 1.61. The maximum atomic E-state index is 11.5. The highest BCUT2D eigenvalue weighted by molar-refractivity contribution is 5.79. The van der Waals surface area contributed by atoms with Gasteiger partial charge in [0.05, 0.1) is 17.5 Å². The van der Waals surface area contributed by atoms with Gasteiger partial charge in [-0.3, -0.25) is 0 Å². The van der Waals surface area contributed by atoms with Gasteiger partial charge in [-0.15, -0.1) is 0 Å². The van der Waals surface area contributed by atoms with E-state index in [9.17, 15) is 4.79 Å². The van der Waals surface area contributed by atoms with Crippen LogP contribution in [0.3, 0.4) is 0 Å². The summed E-state index contributed by atoms with van der Waals surface area (Å²) in [6.07, 6.45) is 3.79. The summed E-state index contributed by atoms with van der Waals surface area (Å²) in [7, 11) is 0. The van der Waals surface area contributed by atoms with E-state index in [0.717, 1.165) is 49.3 Å². The van der Waals surface area contributed by atoms with E-state index < -0.39 is 0 Å². The Bertz CT molecular complexity index is 950. The van der Waals surface area contributed by atoms with Gasteiger partial charge in [0.1, 0.15) is 5.82 Å². The molecule has 3 rings (SSSR count). The molecule has 0 radical (unpaired) electrons. The topological polar surface area (TPSA) is 56.2 Å². The molecule has 0 saturated carbocycles. The van der Waals surface area contributed by atoms with Crippen molar-refractivity contribution in [3.8, 4) is 22.5 Å². The standard InChI is InChI=1S/C26H33N3O2/c1-20(2)31-26(30)27-18-12-4-5-13-19-29-21(3)28-24(22-14-8-6-9-15-22)25(29)23-16-10-7-11-17-23/h6-11,14-17,20H,4-5,12-13,18-19H2,1-3H3,(H,27,30). The second kappa shape index (κ2) is 11.3. The largest absolute Gasteiger partial charge is 0.447 e. The minimum Gasteiger partial charge on any atom is -0.447 e. The molecule has 0 aliphatic carbocycles. The molecule has 2 aromatic carbocycles. The first-order valence-corrected chi connectivity index (χ1v) is 11.2. The van der Waals surface area contributed by atoms with E-state index in [1.807, 2.05) is 26.0 Å². The molecule has 1 amide bonds. The molecular formula is C26H33N3O2. The van der Waals surface area contributed by atoms with Gasteiger partial charge in [-0.1, -0.05) is 73.5 Å². The number of ether oxygens (including phenoxy) is 1. The minimum atomic E-state index is -0.329. The third-order valence-electron chi connectivity index (χ3n) is 5.17. The van der Waals surface area contributed by atoms with Crippen molar-refractivity contribution in [3.05, 3.63) is 66.5 Å². The van der Waals surface area contributed by atoms with Crippen LogP contribution in [-0.2, 0) is 11.3 Å². The van der Waals surface area contributed by atoms with E-state index in [0.29, 0.717) is 6.54 Å². The molecule has 0 spiro atoms. The predicted molar refractivity (Wildman–Crippen MR) is 126 cm³/mol.